The van der Waals surface area contributed by atoms with E-state index in [0.717, 1.165) is 74.7 Å². The number of fused-ring (bicyclic) bond motifs is 1. The maximum absolute atomic E-state index is 12.5. The first-order valence-electron chi connectivity index (χ1n) is 11.1. The molecule has 30 heavy (non-hydrogen) atoms. The zero-order valence-electron chi connectivity index (χ0n) is 18.4. The number of anilines is 1. The van der Waals surface area contributed by atoms with E-state index >= 15 is 0 Å². The summed E-state index contributed by atoms with van der Waals surface area (Å²) in [5, 5.41) is 4.12. The molecule has 0 N–H and O–H groups in total. The van der Waals surface area contributed by atoms with Crippen molar-refractivity contribution in [2.75, 3.05) is 44.3 Å². The number of hydrazine groups is 1. The van der Waals surface area contributed by atoms with E-state index in [1.165, 1.54) is 5.56 Å². The molecule has 0 radical (unpaired) electrons. The van der Waals surface area contributed by atoms with Gasteiger partial charge in [-0.15, -0.1) is 0 Å². The standard InChI is InChI=1S/C25H33N3O2/c1-19-7-6-8-20(2)25(19)28(21(3)29)27-16-14-26(15-17-27)13-11-22-12-18-30-24-10-5-4-9-23(22)24/h4-10,22H,11-18H2,1-3H3. The van der Waals surface area contributed by atoms with Gasteiger partial charge >= 0.3 is 0 Å². The second-order valence-electron chi connectivity index (χ2n) is 8.53. The number of carbonyl (C=O) groups excluding carboxylic acids is 1. The van der Waals surface area contributed by atoms with Crippen LogP contribution >= 0.6 is 0 Å². The molecule has 0 spiro atoms. The van der Waals surface area contributed by atoms with E-state index in [-0.39, 0.29) is 5.91 Å². The monoisotopic (exact) mass is 407 g/mol. The number of nitrogens with zero attached hydrogens (tertiary/aromatic N) is 3. The molecule has 2 aromatic carbocycles. The maximum Gasteiger partial charge on any atom is 0.238 e. The molecule has 1 amide bonds. The summed E-state index contributed by atoms with van der Waals surface area (Å²) in [4.78, 5) is 15.1. The molecule has 1 fully saturated rings. The molecule has 1 unspecified atom stereocenters. The number of hydrogen-bond acceptors (Lipinski definition) is 4. The van der Waals surface area contributed by atoms with Gasteiger partial charge in [0.25, 0.3) is 0 Å². The molecule has 0 aromatic heterocycles. The first-order chi connectivity index (χ1) is 14.5. The highest BCUT2D eigenvalue weighted by Crippen LogP contribution is 2.35. The number of carbonyl (C=O) groups is 1. The van der Waals surface area contributed by atoms with Crippen LogP contribution in [0.15, 0.2) is 42.5 Å². The third-order valence-electron chi connectivity index (χ3n) is 6.46. The largest absolute Gasteiger partial charge is 0.493 e. The molecule has 5 nitrogen and oxygen atoms in total. The number of hydrogen-bond donors (Lipinski definition) is 0. The highest BCUT2D eigenvalue weighted by atomic mass is 16.5. The van der Waals surface area contributed by atoms with E-state index in [1.807, 2.05) is 5.01 Å². The van der Waals surface area contributed by atoms with Crippen LogP contribution < -0.4 is 9.75 Å². The minimum absolute atomic E-state index is 0.0830. The Kier molecular flexibility index (Phi) is 6.40. The van der Waals surface area contributed by atoms with Gasteiger partial charge in [-0.05, 0) is 61.9 Å². The van der Waals surface area contributed by atoms with E-state index in [1.54, 1.807) is 6.92 Å². The Labute approximate surface area is 180 Å². The van der Waals surface area contributed by atoms with E-state index in [0.29, 0.717) is 5.92 Å². The van der Waals surface area contributed by atoms with Crippen LogP contribution in [0.2, 0.25) is 0 Å². The van der Waals surface area contributed by atoms with E-state index < -0.39 is 0 Å². The summed E-state index contributed by atoms with van der Waals surface area (Å²) in [7, 11) is 0. The Bertz CT molecular complexity index is 869. The third-order valence-corrected chi connectivity index (χ3v) is 6.46. The first-order valence-corrected chi connectivity index (χ1v) is 11.1. The van der Waals surface area contributed by atoms with Crippen molar-refractivity contribution in [3.63, 3.8) is 0 Å². The zero-order chi connectivity index (χ0) is 21.1. The van der Waals surface area contributed by atoms with Crippen LogP contribution in [0.25, 0.3) is 0 Å². The van der Waals surface area contributed by atoms with Crippen LogP contribution in [-0.4, -0.2) is 55.1 Å². The summed E-state index contributed by atoms with van der Waals surface area (Å²) >= 11 is 0. The number of benzene rings is 2. The molecule has 2 aromatic rings. The van der Waals surface area contributed by atoms with Gasteiger partial charge in [-0.3, -0.25) is 4.79 Å². The smallest absolute Gasteiger partial charge is 0.238 e. The lowest BCUT2D eigenvalue weighted by Crippen LogP contribution is -2.56. The average molecular weight is 408 g/mol. The predicted molar refractivity (Wildman–Crippen MR) is 121 cm³/mol. The van der Waals surface area contributed by atoms with Crippen molar-refractivity contribution >= 4 is 11.6 Å². The molecule has 1 saturated heterocycles. The zero-order valence-corrected chi connectivity index (χ0v) is 18.4. The van der Waals surface area contributed by atoms with Crippen molar-refractivity contribution in [2.24, 2.45) is 0 Å². The van der Waals surface area contributed by atoms with Gasteiger partial charge in [-0.1, -0.05) is 36.4 Å². The maximum atomic E-state index is 12.5. The fourth-order valence-electron chi connectivity index (χ4n) is 4.85. The molecular weight excluding hydrogens is 374 g/mol. The summed E-state index contributed by atoms with van der Waals surface area (Å²) < 4.78 is 5.81. The summed E-state index contributed by atoms with van der Waals surface area (Å²) in [6.45, 7) is 11.5. The van der Waals surface area contributed by atoms with Gasteiger partial charge in [0.1, 0.15) is 5.75 Å². The van der Waals surface area contributed by atoms with Crippen LogP contribution in [0.5, 0.6) is 5.75 Å². The molecule has 5 heteroatoms. The van der Waals surface area contributed by atoms with Crippen LogP contribution in [-0.2, 0) is 4.79 Å². The van der Waals surface area contributed by atoms with Crippen molar-refractivity contribution in [2.45, 2.75) is 39.5 Å². The molecule has 0 bridgehead atoms. The molecule has 160 valence electrons. The van der Waals surface area contributed by atoms with Crippen molar-refractivity contribution in [1.29, 1.82) is 0 Å². The second-order valence-corrected chi connectivity index (χ2v) is 8.53. The van der Waals surface area contributed by atoms with Crippen molar-refractivity contribution in [1.82, 2.24) is 9.91 Å². The summed E-state index contributed by atoms with van der Waals surface area (Å²) in [6, 6.07) is 14.7. The molecular formula is C25H33N3O2. The minimum Gasteiger partial charge on any atom is -0.493 e. The minimum atomic E-state index is 0.0830. The lowest BCUT2D eigenvalue weighted by molar-refractivity contribution is -0.120. The Balaban J connectivity index is 1.36. The van der Waals surface area contributed by atoms with E-state index in [2.05, 4.69) is 66.2 Å². The highest BCUT2D eigenvalue weighted by molar-refractivity contribution is 5.92. The highest BCUT2D eigenvalue weighted by Gasteiger charge is 2.28. The summed E-state index contributed by atoms with van der Waals surface area (Å²) in [6.07, 6.45) is 2.26. The van der Waals surface area contributed by atoms with Crippen LogP contribution in [0.4, 0.5) is 5.69 Å². The van der Waals surface area contributed by atoms with Crippen molar-refractivity contribution in [3.05, 3.63) is 59.2 Å². The normalized spacial score (nSPS) is 19.8. The number of amides is 1. The van der Waals surface area contributed by atoms with Gasteiger partial charge in [0, 0.05) is 33.1 Å². The molecule has 4 rings (SSSR count). The first kappa shape index (κ1) is 20.9. The van der Waals surface area contributed by atoms with Gasteiger partial charge in [-0.2, -0.15) is 0 Å². The van der Waals surface area contributed by atoms with Gasteiger partial charge in [0.2, 0.25) is 5.91 Å². The Morgan fingerprint density at radius 3 is 2.43 bits per heavy atom. The third kappa shape index (κ3) is 4.37. The van der Waals surface area contributed by atoms with Gasteiger partial charge in [0.15, 0.2) is 0 Å². The molecule has 0 saturated carbocycles. The Hall–Kier alpha value is -2.37. The molecule has 2 aliphatic heterocycles. The van der Waals surface area contributed by atoms with Crippen molar-refractivity contribution < 1.29 is 9.53 Å². The lowest BCUT2D eigenvalue weighted by atomic mass is 9.90. The second kappa shape index (κ2) is 9.19. The van der Waals surface area contributed by atoms with Crippen molar-refractivity contribution in [3.8, 4) is 5.75 Å². The number of ether oxygens (including phenoxy) is 1. The number of aryl methyl sites for hydroxylation is 2. The predicted octanol–water partition coefficient (Wildman–Crippen LogP) is 4.15. The number of piperazine rings is 1. The van der Waals surface area contributed by atoms with Crippen LogP contribution in [0, 0.1) is 13.8 Å². The fourth-order valence-corrected chi connectivity index (χ4v) is 4.85. The quantitative estimate of drug-likeness (QED) is 0.746. The number of para-hydroxylation sites is 2. The average Bonchev–Trinajstić information content (AvgIpc) is 2.75. The van der Waals surface area contributed by atoms with E-state index in [4.69, 9.17) is 4.74 Å². The fraction of sp³-hybridized carbons (Fsp3) is 0.480. The van der Waals surface area contributed by atoms with Gasteiger partial charge in [0.05, 0.1) is 12.3 Å². The Morgan fingerprint density at radius 1 is 1.03 bits per heavy atom. The van der Waals surface area contributed by atoms with Gasteiger partial charge < -0.3 is 9.64 Å². The van der Waals surface area contributed by atoms with Gasteiger partial charge in [-0.25, -0.2) is 10.0 Å². The van der Waals surface area contributed by atoms with Crippen LogP contribution in [0.1, 0.15) is 42.4 Å². The molecule has 1 atom stereocenters. The molecule has 0 aliphatic carbocycles. The molecule has 2 aliphatic rings. The van der Waals surface area contributed by atoms with Crippen LogP contribution in [0.3, 0.4) is 0 Å². The number of rotatable bonds is 5. The molecule has 2 heterocycles. The lowest BCUT2D eigenvalue weighted by Gasteiger charge is -2.42. The SMILES string of the molecule is CC(=O)N(c1c(C)cccc1C)N1CCN(CCC2CCOc3ccccc32)CC1. The van der Waals surface area contributed by atoms with E-state index in [9.17, 15) is 4.79 Å². The topological polar surface area (TPSA) is 36.0 Å². The summed E-state index contributed by atoms with van der Waals surface area (Å²) in [5.41, 5.74) is 4.69. The Morgan fingerprint density at radius 2 is 1.73 bits per heavy atom. The summed E-state index contributed by atoms with van der Waals surface area (Å²) in [5.74, 6) is 1.72.